The number of nitrogens with zero attached hydrogens (tertiary/aromatic N) is 1. The summed E-state index contributed by atoms with van der Waals surface area (Å²) in [6.45, 7) is -0.620. The van der Waals surface area contributed by atoms with Crippen molar-refractivity contribution in [2.45, 2.75) is 11.0 Å². The molecule has 0 bridgehead atoms. The maximum Gasteiger partial charge on any atom is 0.404 e. The van der Waals surface area contributed by atoms with Crippen LogP contribution >= 0.6 is 15.9 Å². The van der Waals surface area contributed by atoms with Gasteiger partial charge in [-0.05, 0) is 12.1 Å². The van der Waals surface area contributed by atoms with Crippen molar-refractivity contribution in [3.8, 4) is 5.75 Å². The van der Waals surface area contributed by atoms with E-state index < -0.39 is 22.5 Å². The maximum atomic E-state index is 12.4. The second-order valence-corrected chi connectivity index (χ2v) is 5.31. The summed E-state index contributed by atoms with van der Waals surface area (Å²) >= 11 is 2.50. The zero-order chi connectivity index (χ0) is 15.6. The molecular formula is C13H9BrF3NO3. The first-order valence-electron chi connectivity index (χ1n) is 5.80. The van der Waals surface area contributed by atoms with Gasteiger partial charge in [-0.3, -0.25) is 10.1 Å². The third-order valence-corrected chi connectivity index (χ3v) is 3.58. The molecule has 0 radical (unpaired) electrons. The van der Waals surface area contributed by atoms with Gasteiger partial charge in [-0.25, -0.2) is 0 Å². The Morgan fingerprint density at radius 2 is 1.81 bits per heavy atom. The fourth-order valence-corrected chi connectivity index (χ4v) is 1.93. The lowest BCUT2D eigenvalue weighted by molar-refractivity contribution is -0.383. The molecule has 0 saturated heterocycles. The van der Waals surface area contributed by atoms with Crippen LogP contribution in [0.2, 0.25) is 0 Å². The Labute approximate surface area is 125 Å². The van der Waals surface area contributed by atoms with Gasteiger partial charge in [-0.1, -0.05) is 34.1 Å². The minimum Gasteiger partial charge on any atom is -0.491 e. The predicted octanol–water partition coefficient (Wildman–Crippen LogP) is 4.45. The van der Waals surface area contributed by atoms with Gasteiger partial charge in [0, 0.05) is 11.5 Å². The van der Waals surface area contributed by atoms with Crippen molar-refractivity contribution in [3.63, 3.8) is 0 Å². The minimum absolute atomic E-state index is 0.121. The van der Waals surface area contributed by atoms with E-state index in [1.165, 1.54) is 18.2 Å². The lowest BCUT2D eigenvalue weighted by Crippen LogP contribution is -2.28. The number of benzene rings is 2. The molecule has 1 atom stereocenters. The van der Waals surface area contributed by atoms with Gasteiger partial charge in [0.15, 0.2) is 0 Å². The van der Waals surface area contributed by atoms with Gasteiger partial charge in [0.1, 0.15) is 17.2 Å². The van der Waals surface area contributed by atoms with E-state index in [1.54, 1.807) is 18.2 Å². The van der Waals surface area contributed by atoms with Gasteiger partial charge in [0.25, 0.3) is 5.69 Å². The van der Waals surface area contributed by atoms with Crippen molar-refractivity contribution in [2.75, 3.05) is 6.61 Å². The average Bonchev–Trinajstić information content (AvgIpc) is 2.42. The summed E-state index contributed by atoms with van der Waals surface area (Å²) in [5.41, 5.74) is -0.121. The highest BCUT2D eigenvalue weighted by Crippen LogP contribution is 2.34. The molecule has 112 valence electrons. The highest BCUT2D eigenvalue weighted by molar-refractivity contribution is 9.09. The maximum absolute atomic E-state index is 12.4. The molecule has 0 heterocycles. The number of nitro groups is 1. The number of hydrogen-bond acceptors (Lipinski definition) is 3. The number of alkyl halides is 4. The molecule has 0 fully saturated rings. The van der Waals surface area contributed by atoms with Crippen molar-refractivity contribution in [1.29, 1.82) is 0 Å². The quantitative estimate of drug-likeness (QED) is 0.458. The lowest BCUT2D eigenvalue weighted by atomic mass is 10.1. The van der Waals surface area contributed by atoms with E-state index in [2.05, 4.69) is 15.9 Å². The van der Waals surface area contributed by atoms with Gasteiger partial charge in [0.2, 0.25) is 0 Å². The highest BCUT2D eigenvalue weighted by atomic mass is 79.9. The zero-order valence-electron chi connectivity index (χ0n) is 10.4. The van der Waals surface area contributed by atoms with Crippen molar-refractivity contribution in [2.24, 2.45) is 0 Å². The average molecular weight is 364 g/mol. The van der Waals surface area contributed by atoms with E-state index >= 15 is 0 Å². The van der Waals surface area contributed by atoms with Crippen molar-refractivity contribution in [3.05, 3.63) is 46.5 Å². The molecule has 2 aromatic carbocycles. The monoisotopic (exact) mass is 363 g/mol. The Hall–Kier alpha value is -1.83. The third kappa shape index (κ3) is 3.44. The first-order valence-corrected chi connectivity index (χ1v) is 6.72. The van der Waals surface area contributed by atoms with Gasteiger partial charge in [-0.15, -0.1) is 0 Å². The van der Waals surface area contributed by atoms with Crippen LogP contribution in [0.4, 0.5) is 18.9 Å². The highest BCUT2D eigenvalue weighted by Gasteiger charge is 2.38. The molecule has 0 N–H and O–H groups in total. The number of nitro benzene ring substituents is 1. The summed E-state index contributed by atoms with van der Waals surface area (Å²) in [6, 6.07) is 8.85. The van der Waals surface area contributed by atoms with Crippen molar-refractivity contribution in [1.82, 2.24) is 0 Å². The minimum atomic E-state index is -4.42. The van der Waals surface area contributed by atoms with E-state index in [0.29, 0.717) is 10.8 Å². The summed E-state index contributed by atoms with van der Waals surface area (Å²) in [7, 11) is 0. The molecule has 0 aliphatic rings. The number of hydrogen-bond donors (Lipinski definition) is 0. The molecular weight excluding hydrogens is 355 g/mol. The Balaban J connectivity index is 2.34. The van der Waals surface area contributed by atoms with Crippen molar-refractivity contribution >= 4 is 32.4 Å². The molecule has 4 nitrogen and oxygen atoms in total. The fraction of sp³-hybridized carbons (Fsp3) is 0.231. The van der Waals surface area contributed by atoms with Gasteiger partial charge >= 0.3 is 6.18 Å². The predicted molar refractivity (Wildman–Crippen MR) is 74.9 cm³/mol. The van der Waals surface area contributed by atoms with Crippen LogP contribution in [0.15, 0.2) is 36.4 Å². The van der Waals surface area contributed by atoms with Crippen LogP contribution in [-0.2, 0) is 0 Å². The Bertz CT molecular complexity index is 675. The Morgan fingerprint density at radius 3 is 2.38 bits per heavy atom. The van der Waals surface area contributed by atoms with E-state index in [0.717, 1.165) is 0 Å². The van der Waals surface area contributed by atoms with Crippen LogP contribution < -0.4 is 4.74 Å². The van der Waals surface area contributed by atoms with Crippen LogP contribution in [-0.4, -0.2) is 22.5 Å². The van der Waals surface area contributed by atoms with Crippen LogP contribution in [0.5, 0.6) is 5.75 Å². The number of ether oxygens (including phenoxy) is 1. The molecule has 1 unspecified atom stereocenters. The first-order chi connectivity index (χ1) is 9.80. The van der Waals surface area contributed by atoms with Crippen LogP contribution in [0.1, 0.15) is 0 Å². The zero-order valence-corrected chi connectivity index (χ0v) is 12.0. The normalized spacial score (nSPS) is 13.1. The topological polar surface area (TPSA) is 52.4 Å². The van der Waals surface area contributed by atoms with E-state index in [9.17, 15) is 23.3 Å². The van der Waals surface area contributed by atoms with E-state index in [-0.39, 0.29) is 11.4 Å². The molecule has 0 aliphatic heterocycles. The summed E-state index contributed by atoms with van der Waals surface area (Å²) < 4.78 is 42.4. The standard InChI is InChI=1S/C13H9BrF3NO3/c14-12(13(15,16)17)7-21-11-6-5-10(18(19)20)8-3-1-2-4-9(8)11/h1-6,12H,7H2. The molecule has 0 aromatic heterocycles. The van der Waals surface area contributed by atoms with Crippen LogP contribution in [0.25, 0.3) is 10.8 Å². The van der Waals surface area contributed by atoms with Gasteiger partial charge in [0.05, 0.1) is 10.3 Å². The molecule has 0 aliphatic carbocycles. The van der Waals surface area contributed by atoms with Crippen LogP contribution in [0, 0.1) is 10.1 Å². The number of halogens is 4. The lowest BCUT2D eigenvalue weighted by Gasteiger charge is -2.15. The first kappa shape index (κ1) is 15.6. The fourth-order valence-electron chi connectivity index (χ4n) is 1.80. The number of fused-ring (bicyclic) bond motifs is 1. The van der Waals surface area contributed by atoms with Crippen LogP contribution in [0.3, 0.4) is 0 Å². The molecule has 0 saturated carbocycles. The van der Waals surface area contributed by atoms with Crippen molar-refractivity contribution < 1.29 is 22.8 Å². The number of rotatable bonds is 4. The second-order valence-electron chi connectivity index (χ2n) is 4.21. The SMILES string of the molecule is O=[N+]([O-])c1ccc(OCC(Br)C(F)(F)F)c2ccccc12. The molecule has 2 aromatic rings. The molecule has 21 heavy (non-hydrogen) atoms. The van der Waals surface area contributed by atoms with Gasteiger partial charge in [-0.2, -0.15) is 13.2 Å². The molecule has 0 amide bonds. The Kier molecular flexibility index (Phi) is 4.36. The molecule has 2 rings (SSSR count). The van der Waals surface area contributed by atoms with E-state index in [1.807, 2.05) is 0 Å². The summed E-state index contributed by atoms with van der Waals surface area (Å²) in [5, 5.41) is 11.6. The summed E-state index contributed by atoms with van der Waals surface area (Å²) in [5.74, 6) is 0.171. The van der Waals surface area contributed by atoms with E-state index in [4.69, 9.17) is 4.74 Å². The smallest absolute Gasteiger partial charge is 0.404 e. The van der Waals surface area contributed by atoms with Gasteiger partial charge < -0.3 is 4.74 Å². The molecule has 0 spiro atoms. The Morgan fingerprint density at radius 1 is 1.19 bits per heavy atom. The summed E-state index contributed by atoms with van der Waals surface area (Å²) in [6.07, 6.45) is -4.42. The molecule has 8 heteroatoms. The third-order valence-electron chi connectivity index (χ3n) is 2.80. The summed E-state index contributed by atoms with van der Waals surface area (Å²) in [4.78, 5) is 8.58. The largest absolute Gasteiger partial charge is 0.491 e. The second kappa shape index (κ2) is 5.88. The number of non-ortho nitro benzene ring substituents is 1.